The number of anilines is 1. The molecule has 9 heteroatoms. The number of rotatable bonds is 3. The molecule has 0 atom stereocenters. The molecule has 0 spiro atoms. The monoisotopic (exact) mass is 509 g/mol. The molecule has 1 aliphatic rings. The van der Waals surface area contributed by atoms with Gasteiger partial charge in [-0.3, -0.25) is 4.79 Å². The first kappa shape index (κ1) is 22.5. The van der Waals surface area contributed by atoms with Gasteiger partial charge in [-0.1, -0.05) is 35.3 Å². The molecule has 1 N–H and O–H groups in total. The molecule has 0 unspecified atom stereocenters. The number of amides is 1. The Morgan fingerprint density at radius 2 is 1.87 bits per heavy atom. The minimum Gasteiger partial charge on any atom is -0.313 e. The number of hydrogen-bond donors (Lipinski definition) is 1. The number of nitrogens with zero attached hydrogens (tertiary/aromatic N) is 2. The molecule has 0 saturated heterocycles. The first-order valence-corrected chi connectivity index (χ1v) is 11.8. The van der Waals surface area contributed by atoms with Gasteiger partial charge in [0, 0.05) is 39.1 Å². The third kappa shape index (κ3) is 4.46. The highest BCUT2D eigenvalue weighted by Crippen LogP contribution is 2.45. The molecule has 0 saturated carbocycles. The molecule has 31 heavy (non-hydrogen) atoms. The number of carbonyl (C=O) groups excluding carboxylic acids is 1. The van der Waals surface area contributed by atoms with E-state index >= 15 is 0 Å². The molecule has 2 aromatic heterocycles. The Kier molecular flexibility index (Phi) is 6.58. The van der Waals surface area contributed by atoms with E-state index < -0.39 is 0 Å². The van der Waals surface area contributed by atoms with E-state index in [4.69, 9.17) is 28.2 Å². The third-order valence-electron chi connectivity index (χ3n) is 5.11. The summed E-state index contributed by atoms with van der Waals surface area (Å²) in [5, 5.41) is 5.75. The van der Waals surface area contributed by atoms with E-state index in [1.807, 2.05) is 18.2 Å². The second kappa shape index (κ2) is 9.06. The van der Waals surface area contributed by atoms with Crippen molar-refractivity contribution in [2.45, 2.75) is 13.0 Å². The lowest BCUT2D eigenvalue weighted by atomic mass is 10.0. The Labute approximate surface area is 204 Å². The van der Waals surface area contributed by atoms with Crippen molar-refractivity contribution in [1.29, 1.82) is 0 Å². The van der Waals surface area contributed by atoms with Gasteiger partial charge in [-0.05, 0) is 49.4 Å². The summed E-state index contributed by atoms with van der Waals surface area (Å²) in [7, 11) is 2.12. The summed E-state index contributed by atoms with van der Waals surface area (Å²) in [6, 6.07) is 13.0. The van der Waals surface area contributed by atoms with Gasteiger partial charge < -0.3 is 10.2 Å². The van der Waals surface area contributed by atoms with Gasteiger partial charge in [0.15, 0.2) is 0 Å². The number of likely N-dealkylation sites (N-methyl/N-ethyl adjacent to an activating group) is 1. The van der Waals surface area contributed by atoms with Gasteiger partial charge in [0.05, 0.1) is 10.2 Å². The van der Waals surface area contributed by atoms with Gasteiger partial charge in [0.1, 0.15) is 10.0 Å². The van der Waals surface area contributed by atoms with Crippen LogP contribution >= 0.6 is 58.3 Å². The maximum atomic E-state index is 13.0. The second-order valence-electron chi connectivity index (χ2n) is 7.29. The van der Waals surface area contributed by atoms with Crippen LogP contribution in [0.4, 0.5) is 5.00 Å². The fourth-order valence-corrected chi connectivity index (χ4v) is 6.64. The van der Waals surface area contributed by atoms with Crippen LogP contribution in [0, 0.1) is 0 Å². The van der Waals surface area contributed by atoms with E-state index in [1.165, 1.54) is 10.4 Å². The van der Waals surface area contributed by atoms with Crippen LogP contribution in [0.15, 0.2) is 42.5 Å². The SMILES string of the molecule is CN1CCc2c(sc(NC(=O)c3cc(Cl)cc(Cl)c3)c2-c2nc3ccccc3s2)C1.Cl. The Balaban J connectivity index is 0.00000231. The topological polar surface area (TPSA) is 45.2 Å². The zero-order chi connectivity index (χ0) is 20.8. The smallest absolute Gasteiger partial charge is 0.256 e. The number of halogens is 3. The minimum absolute atomic E-state index is 0. The Morgan fingerprint density at radius 1 is 1.13 bits per heavy atom. The van der Waals surface area contributed by atoms with Crippen molar-refractivity contribution in [3.63, 3.8) is 0 Å². The molecule has 4 aromatic rings. The molecule has 0 aliphatic carbocycles. The lowest BCUT2D eigenvalue weighted by Gasteiger charge is -2.22. The van der Waals surface area contributed by atoms with Crippen LogP contribution in [-0.4, -0.2) is 29.4 Å². The van der Waals surface area contributed by atoms with E-state index in [-0.39, 0.29) is 18.3 Å². The molecule has 0 radical (unpaired) electrons. The molecule has 1 aliphatic heterocycles. The number of carbonyl (C=O) groups is 1. The van der Waals surface area contributed by atoms with Crippen molar-refractivity contribution in [2.24, 2.45) is 0 Å². The van der Waals surface area contributed by atoms with Gasteiger partial charge in [-0.15, -0.1) is 35.1 Å². The first-order chi connectivity index (χ1) is 14.5. The third-order valence-corrected chi connectivity index (χ3v) is 7.73. The molecular formula is C22H18Cl3N3OS2. The van der Waals surface area contributed by atoms with Crippen LogP contribution < -0.4 is 5.32 Å². The van der Waals surface area contributed by atoms with Crippen LogP contribution in [0.5, 0.6) is 0 Å². The van der Waals surface area contributed by atoms with E-state index in [2.05, 4.69) is 23.3 Å². The van der Waals surface area contributed by atoms with Crippen LogP contribution in [0.1, 0.15) is 20.8 Å². The summed E-state index contributed by atoms with van der Waals surface area (Å²) in [6.07, 6.45) is 0.937. The molecule has 0 fully saturated rings. The predicted molar refractivity (Wildman–Crippen MR) is 135 cm³/mol. The van der Waals surface area contributed by atoms with Crippen LogP contribution in [0.25, 0.3) is 20.8 Å². The van der Waals surface area contributed by atoms with Crippen LogP contribution in [0.3, 0.4) is 0 Å². The van der Waals surface area contributed by atoms with Crippen molar-refractivity contribution >= 4 is 79.4 Å². The van der Waals surface area contributed by atoms with Crippen LogP contribution in [-0.2, 0) is 13.0 Å². The maximum Gasteiger partial charge on any atom is 0.256 e. The standard InChI is InChI=1S/C22H17Cl2N3OS2.ClH/c1-27-7-6-15-18(11-27)30-22(26-20(28)12-8-13(23)10-14(24)9-12)19(15)21-25-16-4-2-3-5-17(16)29-21;/h2-5,8-10H,6-7,11H2,1H3,(H,26,28);1H. The summed E-state index contributed by atoms with van der Waals surface area (Å²) >= 11 is 15.5. The lowest BCUT2D eigenvalue weighted by Crippen LogP contribution is -2.25. The van der Waals surface area contributed by atoms with Gasteiger partial charge in [0.25, 0.3) is 5.91 Å². The van der Waals surface area contributed by atoms with E-state index in [9.17, 15) is 4.79 Å². The average Bonchev–Trinajstić information content (AvgIpc) is 3.27. The van der Waals surface area contributed by atoms with E-state index in [0.29, 0.717) is 15.6 Å². The highest BCUT2D eigenvalue weighted by Gasteiger charge is 2.27. The molecule has 5 rings (SSSR count). The van der Waals surface area contributed by atoms with Crippen molar-refractivity contribution in [2.75, 3.05) is 18.9 Å². The Bertz CT molecular complexity index is 1230. The summed E-state index contributed by atoms with van der Waals surface area (Å²) in [4.78, 5) is 21.4. The number of benzene rings is 2. The summed E-state index contributed by atoms with van der Waals surface area (Å²) in [5.74, 6) is -0.228. The van der Waals surface area contributed by atoms with Gasteiger partial charge >= 0.3 is 0 Å². The zero-order valence-electron chi connectivity index (χ0n) is 16.4. The van der Waals surface area contributed by atoms with Crippen molar-refractivity contribution in [3.05, 3.63) is 68.5 Å². The quantitative estimate of drug-likeness (QED) is 0.323. The van der Waals surface area contributed by atoms with E-state index in [1.54, 1.807) is 40.9 Å². The molecule has 3 heterocycles. The molecule has 0 bridgehead atoms. The number of aromatic nitrogens is 1. The van der Waals surface area contributed by atoms with Gasteiger partial charge in [-0.2, -0.15) is 0 Å². The highest BCUT2D eigenvalue weighted by atomic mass is 35.5. The minimum atomic E-state index is -0.228. The molecule has 2 aromatic carbocycles. The lowest BCUT2D eigenvalue weighted by molar-refractivity contribution is 0.102. The fourth-order valence-electron chi connectivity index (χ4n) is 3.68. The number of thiazole rings is 1. The average molecular weight is 511 g/mol. The van der Waals surface area contributed by atoms with E-state index in [0.717, 1.165) is 45.3 Å². The van der Waals surface area contributed by atoms with Crippen molar-refractivity contribution < 1.29 is 4.79 Å². The number of thiophene rings is 1. The summed E-state index contributed by atoms with van der Waals surface area (Å²) < 4.78 is 1.14. The largest absolute Gasteiger partial charge is 0.313 e. The first-order valence-electron chi connectivity index (χ1n) is 9.44. The Morgan fingerprint density at radius 3 is 2.61 bits per heavy atom. The predicted octanol–water partition coefficient (Wildman–Crippen LogP) is 6.99. The summed E-state index contributed by atoms with van der Waals surface area (Å²) in [5.41, 5.74) is 3.75. The van der Waals surface area contributed by atoms with Gasteiger partial charge in [0.2, 0.25) is 0 Å². The van der Waals surface area contributed by atoms with Crippen molar-refractivity contribution in [3.8, 4) is 10.6 Å². The number of nitrogens with one attached hydrogen (secondary N) is 1. The molecular weight excluding hydrogens is 493 g/mol. The zero-order valence-corrected chi connectivity index (χ0v) is 20.4. The Hall–Kier alpha value is -1.67. The fraction of sp³-hybridized carbons (Fsp3) is 0.182. The second-order valence-corrected chi connectivity index (χ2v) is 10.3. The highest BCUT2D eigenvalue weighted by molar-refractivity contribution is 7.23. The van der Waals surface area contributed by atoms with Crippen LogP contribution in [0.2, 0.25) is 10.0 Å². The molecule has 4 nitrogen and oxygen atoms in total. The van der Waals surface area contributed by atoms with Crippen molar-refractivity contribution in [1.82, 2.24) is 9.88 Å². The number of hydrogen-bond acceptors (Lipinski definition) is 5. The maximum absolute atomic E-state index is 13.0. The molecule has 160 valence electrons. The normalized spacial score (nSPS) is 13.6. The number of para-hydroxylation sites is 1. The number of fused-ring (bicyclic) bond motifs is 2. The molecule has 1 amide bonds. The summed E-state index contributed by atoms with van der Waals surface area (Å²) in [6.45, 7) is 1.86. The van der Waals surface area contributed by atoms with Gasteiger partial charge in [-0.25, -0.2) is 4.98 Å².